The number of carbonyl (C=O) groups is 1. The Labute approximate surface area is 144 Å². The topological polar surface area (TPSA) is 57.8 Å². The number of halogens is 2. The van der Waals surface area contributed by atoms with Gasteiger partial charge in [-0.3, -0.25) is 4.79 Å². The van der Waals surface area contributed by atoms with Crippen molar-refractivity contribution in [3.63, 3.8) is 0 Å². The van der Waals surface area contributed by atoms with Crippen molar-refractivity contribution in [2.24, 2.45) is 0 Å². The van der Waals surface area contributed by atoms with E-state index in [1.54, 1.807) is 12.1 Å². The monoisotopic (exact) mass is 347 g/mol. The minimum Gasteiger partial charge on any atom is -0.351 e. The van der Waals surface area contributed by atoms with Gasteiger partial charge in [0.05, 0.1) is 10.7 Å². The summed E-state index contributed by atoms with van der Waals surface area (Å²) in [5.41, 5.74) is 1.19. The molecular formula is C17H15Cl2N3O. The van der Waals surface area contributed by atoms with Gasteiger partial charge in [-0.1, -0.05) is 23.2 Å². The van der Waals surface area contributed by atoms with E-state index in [1.807, 2.05) is 42.9 Å². The number of nitriles is 1. The second-order valence-electron chi connectivity index (χ2n) is 5.23. The quantitative estimate of drug-likeness (QED) is 0.630. The molecule has 2 aromatic rings. The molecule has 1 aromatic carbocycles. The van der Waals surface area contributed by atoms with Crippen molar-refractivity contribution in [1.82, 2.24) is 4.57 Å². The van der Waals surface area contributed by atoms with Crippen LogP contribution in [0.3, 0.4) is 0 Å². The fourth-order valence-electron chi connectivity index (χ4n) is 1.93. The van der Waals surface area contributed by atoms with Gasteiger partial charge in [-0.25, -0.2) is 0 Å². The van der Waals surface area contributed by atoms with E-state index in [2.05, 4.69) is 5.32 Å². The van der Waals surface area contributed by atoms with Crippen LogP contribution in [0.15, 0.2) is 42.2 Å². The highest BCUT2D eigenvalue weighted by Crippen LogP contribution is 2.25. The van der Waals surface area contributed by atoms with Crippen molar-refractivity contribution in [3.05, 3.63) is 57.8 Å². The first-order valence-electron chi connectivity index (χ1n) is 6.96. The number of amides is 1. The number of hydrogen-bond donors (Lipinski definition) is 1. The van der Waals surface area contributed by atoms with Crippen LogP contribution in [0, 0.1) is 11.3 Å². The van der Waals surface area contributed by atoms with Crippen LogP contribution in [0.1, 0.15) is 25.5 Å². The van der Waals surface area contributed by atoms with Crippen LogP contribution in [-0.2, 0) is 4.79 Å². The molecule has 0 saturated carbocycles. The van der Waals surface area contributed by atoms with Gasteiger partial charge in [0.1, 0.15) is 11.6 Å². The number of aromatic nitrogens is 1. The number of nitrogens with one attached hydrogen (secondary N) is 1. The lowest BCUT2D eigenvalue weighted by atomic mass is 10.2. The lowest BCUT2D eigenvalue weighted by Crippen LogP contribution is -2.13. The molecule has 1 heterocycles. The maximum Gasteiger partial charge on any atom is 0.266 e. The molecule has 0 atom stereocenters. The molecule has 118 valence electrons. The Kier molecular flexibility index (Phi) is 5.49. The third kappa shape index (κ3) is 4.38. The lowest BCUT2D eigenvalue weighted by Gasteiger charge is -2.07. The standard InChI is InChI=1S/C17H15Cl2N3O/c1-11(2)22-6-5-12(10-22)7-13(9-20)17(23)21-16-4-3-14(18)8-15(16)19/h3-8,10-11H,1-2H3,(H,21,23)/b13-7+. The van der Waals surface area contributed by atoms with Crippen LogP contribution in [0.4, 0.5) is 5.69 Å². The van der Waals surface area contributed by atoms with Crippen LogP contribution in [-0.4, -0.2) is 10.5 Å². The summed E-state index contributed by atoms with van der Waals surface area (Å²) in [6.07, 6.45) is 5.32. The van der Waals surface area contributed by atoms with Crippen molar-refractivity contribution >= 4 is 40.9 Å². The summed E-state index contributed by atoms with van der Waals surface area (Å²) >= 11 is 11.8. The Balaban J connectivity index is 2.21. The molecule has 1 amide bonds. The van der Waals surface area contributed by atoms with Crippen molar-refractivity contribution in [3.8, 4) is 6.07 Å². The molecule has 0 unspecified atom stereocenters. The second kappa shape index (κ2) is 7.36. The van der Waals surface area contributed by atoms with Crippen LogP contribution in [0.5, 0.6) is 0 Å². The Morgan fingerprint density at radius 3 is 2.65 bits per heavy atom. The van der Waals surface area contributed by atoms with Crippen LogP contribution in [0.25, 0.3) is 6.08 Å². The normalized spacial score (nSPS) is 11.4. The average Bonchev–Trinajstić information content (AvgIpc) is 2.96. The SMILES string of the molecule is CC(C)n1ccc(/C=C(\C#N)C(=O)Nc2ccc(Cl)cc2Cl)c1. The van der Waals surface area contributed by atoms with Crippen LogP contribution >= 0.6 is 23.2 Å². The molecule has 0 radical (unpaired) electrons. The number of anilines is 1. The number of rotatable bonds is 4. The third-order valence-electron chi connectivity index (χ3n) is 3.19. The highest BCUT2D eigenvalue weighted by molar-refractivity contribution is 6.36. The molecule has 0 saturated heterocycles. The number of nitrogens with zero attached hydrogens (tertiary/aromatic N) is 2. The zero-order valence-electron chi connectivity index (χ0n) is 12.7. The molecule has 1 N–H and O–H groups in total. The minimum atomic E-state index is -0.519. The van der Waals surface area contributed by atoms with E-state index in [0.29, 0.717) is 21.8 Å². The maximum atomic E-state index is 12.2. The Morgan fingerprint density at radius 2 is 2.09 bits per heavy atom. The third-order valence-corrected chi connectivity index (χ3v) is 3.74. The first kappa shape index (κ1) is 17.1. The zero-order chi connectivity index (χ0) is 17.0. The van der Waals surface area contributed by atoms with Crippen molar-refractivity contribution < 1.29 is 4.79 Å². The molecule has 1 aromatic heterocycles. The number of carbonyl (C=O) groups excluding carboxylic acids is 1. The molecule has 0 spiro atoms. The highest BCUT2D eigenvalue weighted by Gasteiger charge is 2.12. The molecule has 0 aliphatic carbocycles. The summed E-state index contributed by atoms with van der Waals surface area (Å²) in [5.74, 6) is -0.519. The first-order chi connectivity index (χ1) is 10.9. The van der Waals surface area contributed by atoms with Crippen LogP contribution in [0.2, 0.25) is 10.0 Å². The molecule has 4 nitrogen and oxygen atoms in total. The minimum absolute atomic E-state index is 0.00229. The van der Waals surface area contributed by atoms with Gasteiger partial charge in [0.15, 0.2) is 0 Å². The molecule has 0 fully saturated rings. The van der Waals surface area contributed by atoms with Crippen molar-refractivity contribution in [2.75, 3.05) is 5.32 Å². The average molecular weight is 348 g/mol. The summed E-state index contributed by atoms with van der Waals surface area (Å²) in [4.78, 5) is 12.2. The second-order valence-corrected chi connectivity index (χ2v) is 6.08. The van der Waals surface area contributed by atoms with Crippen molar-refractivity contribution in [2.45, 2.75) is 19.9 Å². The summed E-state index contributed by atoms with van der Waals surface area (Å²) in [5, 5.41) is 12.6. The van der Waals surface area contributed by atoms with Gasteiger partial charge >= 0.3 is 0 Å². The molecule has 23 heavy (non-hydrogen) atoms. The Morgan fingerprint density at radius 1 is 1.35 bits per heavy atom. The highest BCUT2D eigenvalue weighted by atomic mass is 35.5. The molecule has 0 aliphatic heterocycles. The van der Waals surface area contributed by atoms with Gasteiger partial charge in [0, 0.05) is 23.5 Å². The predicted octanol–water partition coefficient (Wildman–Crippen LogP) is 4.92. The van der Waals surface area contributed by atoms with Gasteiger partial charge < -0.3 is 9.88 Å². The van der Waals surface area contributed by atoms with E-state index < -0.39 is 5.91 Å². The summed E-state index contributed by atoms with van der Waals surface area (Å²) in [7, 11) is 0. The Bertz CT molecular complexity index is 800. The maximum absolute atomic E-state index is 12.2. The van der Waals surface area contributed by atoms with Gasteiger partial charge in [0.2, 0.25) is 0 Å². The molecule has 6 heteroatoms. The van der Waals surface area contributed by atoms with E-state index in [1.165, 1.54) is 12.1 Å². The van der Waals surface area contributed by atoms with E-state index in [-0.39, 0.29) is 5.57 Å². The molecule has 2 rings (SSSR count). The van der Waals surface area contributed by atoms with E-state index in [9.17, 15) is 10.1 Å². The predicted molar refractivity (Wildman–Crippen MR) is 93.5 cm³/mol. The first-order valence-corrected chi connectivity index (χ1v) is 7.72. The molecule has 0 aliphatic rings. The fourth-order valence-corrected chi connectivity index (χ4v) is 2.39. The smallest absolute Gasteiger partial charge is 0.266 e. The van der Waals surface area contributed by atoms with Gasteiger partial charge in [0.25, 0.3) is 5.91 Å². The summed E-state index contributed by atoms with van der Waals surface area (Å²) < 4.78 is 1.99. The van der Waals surface area contributed by atoms with Gasteiger partial charge in [-0.15, -0.1) is 0 Å². The van der Waals surface area contributed by atoms with Crippen LogP contribution < -0.4 is 5.32 Å². The van der Waals surface area contributed by atoms with E-state index >= 15 is 0 Å². The Hall–Kier alpha value is -2.22. The zero-order valence-corrected chi connectivity index (χ0v) is 14.2. The number of benzene rings is 1. The molecule has 0 bridgehead atoms. The van der Waals surface area contributed by atoms with Crippen molar-refractivity contribution in [1.29, 1.82) is 5.26 Å². The lowest BCUT2D eigenvalue weighted by molar-refractivity contribution is -0.112. The number of hydrogen-bond acceptors (Lipinski definition) is 2. The summed E-state index contributed by atoms with van der Waals surface area (Å²) in [6.45, 7) is 4.10. The summed E-state index contributed by atoms with van der Waals surface area (Å²) in [6, 6.07) is 8.80. The van der Waals surface area contributed by atoms with E-state index in [0.717, 1.165) is 5.56 Å². The largest absolute Gasteiger partial charge is 0.351 e. The van der Waals surface area contributed by atoms with Gasteiger partial charge in [-0.2, -0.15) is 5.26 Å². The fraction of sp³-hybridized carbons (Fsp3) is 0.176. The molecular weight excluding hydrogens is 333 g/mol. The van der Waals surface area contributed by atoms with Gasteiger partial charge in [-0.05, 0) is 49.8 Å². The van der Waals surface area contributed by atoms with E-state index in [4.69, 9.17) is 23.2 Å².